The number of hydrogen-bond acceptors (Lipinski definition) is 2. The first-order valence-electron chi connectivity index (χ1n) is 2.04. The topological polar surface area (TPSA) is 30.2 Å². The van der Waals surface area contributed by atoms with Crippen LogP contribution < -0.4 is 0 Å². The molecule has 0 aromatic carbocycles. The van der Waals surface area contributed by atoms with Gasteiger partial charge in [0.05, 0.1) is 6.26 Å². The van der Waals surface area contributed by atoms with E-state index < -0.39 is 5.24 Å². The number of hydrogen-bond donors (Lipinski definition) is 0. The monoisotopic (exact) mass is 166 g/mol. The van der Waals surface area contributed by atoms with Crippen molar-refractivity contribution in [2.75, 3.05) is 0 Å². The fourth-order valence-corrected chi connectivity index (χ4v) is 0.498. The summed E-state index contributed by atoms with van der Waals surface area (Å²) in [6.07, 6.45) is 1.40. The van der Waals surface area contributed by atoms with Crippen molar-refractivity contribution in [1.82, 2.24) is 0 Å². The molecule has 1 heterocycles. The molecule has 9 heavy (non-hydrogen) atoms. The summed E-state index contributed by atoms with van der Waals surface area (Å²) in [6.45, 7) is 0. The van der Waals surface area contributed by atoms with Crippen LogP contribution in [0.1, 0.15) is 10.6 Å². The average Bonchev–Trinajstić information content (AvgIpc) is 2.12. The SMILES string of the molecule is Cl.O=C(Cl)c1ccco1. The fourth-order valence-electron chi connectivity index (χ4n) is 0.390. The van der Waals surface area contributed by atoms with Crippen molar-refractivity contribution >= 4 is 29.3 Å². The summed E-state index contributed by atoms with van der Waals surface area (Å²) < 4.78 is 4.61. The molecule has 0 aliphatic rings. The molecule has 0 N–H and O–H groups in total. The van der Waals surface area contributed by atoms with Crippen molar-refractivity contribution in [3.05, 3.63) is 24.2 Å². The first kappa shape index (κ1) is 8.53. The molecule has 4 heteroatoms. The third-order valence-electron chi connectivity index (χ3n) is 0.715. The predicted molar refractivity (Wildman–Crippen MR) is 36.1 cm³/mol. The maximum absolute atomic E-state index is 10.2. The Labute approximate surface area is 63.2 Å². The van der Waals surface area contributed by atoms with Gasteiger partial charge in [0.2, 0.25) is 0 Å². The lowest BCUT2D eigenvalue weighted by Crippen LogP contribution is -1.80. The standard InChI is InChI=1S/C5H3ClO2.ClH/c6-5(7)4-2-1-3-8-4;/h1-3H;1H. The molecule has 0 amide bonds. The summed E-state index contributed by atoms with van der Waals surface area (Å²) in [5.74, 6) is 0.187. The zero-order valence-electron chi connectivity index (χ0n) is 4.33. The molecular formula is C5H4Cl2O2. The molecule has 0 saturated heterocycles. The molecule has 0 radical (unpaired) electrons. The predicted octanol–water partition coefficient (Wildman–Crippen LogP) is 2.08. The second-order valence-electron chi connectivity index (χ2n) is 1.25. The molecule has 0 bridgehead atoms. The van der Waals surface area contributed by atoms with E-state index in [1.54, 1.807) is 6.07 Å². The highest BCUT2D eigenvalue weighted by Crippen LogP contribution is 2.02. The van der Waals surface area contributed by atoms with Crippen LogP contribution in [0.25, 0.3) is 0 Å². The number of halogens is 2. The largest absolute Gasteiger partial charge is 0.460 e. The van der Waals surface area contributed by atoms with Crippen molar-refractivity contribution in [3.8, 4) is 0 Å². The molecule has 0 fully saturated rings. The molecule has 50 valence electrons. The molecule has 0 atom stereocenters. The van der Waals surface area contributed by atoms with Crippen LogP contribution in [0.2, 0.25) is 0 Å². The van der Waals surface area contributed by atoms with Crippen LogP contribution in [0, 0.1) is 0 Å². The second kappa shape index (κ2) is 3.54. The van der Waals surface area contributed by atoms with Crippen LogP contribution in [0.5, 0.6) is 0 Å². The Kier molecular flexibility index (Phi) is 3.35. The van der Waals surface area contributed by atoms with E-state index >= 15 is 0 Å². The quantitative estimate of drug-likeness (QED) is 0.599. The molecular weight excluding hydrogens is 163 g/mol. The second-order valence-corrected chi connectivity index (χ2v) is 1.59. The van der Waals surface area contributed by atoms with Crippen LogP contribution in [-0.4, -0.2) is 5.24 Å². The van der Waals surface area contributed by atoms with E-state index in [0.717, 1.165) is 0 Å². The summed E-state index contributed by atoms with van der Waals surface area (Å²) in [5, 5.41) is -0.560. The molecule has 0 aliphatic heterocycles. The highest BCUT2D eigenvalue weighted by Gasteiger charge is 2.00. The number of furan rings is 1. The number of rotatable bonds is 1. The Morgan fingerprint density at radius 2 is 2.33 bits per heavy atom. The molecule has 0 spiro atoms. The molecule has 1 aromatic heterocycles. The number of carbonyl (C=O) groups is 1. The van der Waals surface area contributed by atoms with Gasteiger partial charge in [-0.05, 0) is 23.7 Å². The van der Waals surface area contributed by atoms with E-state index in [0.29, 0.717) is 0 Å². The van der Waals surface area contributed by atoms with Crippen LogP contribution in [-0.2, 0) is 0 Å². The molecule has 2 nitrogen and oxygen atoms in total. The minimum atomic E-state index is -0.560. The lowest BCUT2D eigenvalue weighted by molar-refractivity contribution is 0.105. The lowest BCUT2D eigenvalue weighted by Gasteiger charge is -1.77. The minimum absolute atomic E-state index is 0. The average molecular weight is 167 g/mol. The Balaban J connectivity index is 0.000000640. The van der Waals surface area contributed by atoms with Crippen LogP contribution >= 0.6 is 24.0 Å². The van der Waals surface area contributed by atoms with Crippen LogP contribution in [0.3, 0.4) is 0 Å². The minimum Gasteiger partial charge on any atom is -0.460 e. The van der Waals surface area contributed by atoms with E-state index in [2.05, 4.69) is 4.42 Å². The lowest BCUT2D eigenvalue weighted by atomic mass is 10.5. The molecule has 1 aromatic rings. The van der Waals surface area contributed by atoms with Crippen LogP contribution in [0.15, 0.2) is 22.8 Å². The normalized spacial score (nSPS) is 8.11. The summed E-state index contributed by atoms with van der Waals surface area (Å²) in [4.78, 5) is 10.2. The van der Waals surface area contributed by atoms with Gasteiger partial charge >= 0.3 is 0 Å². The van der Waals surface area contributed by atoms with Gasteiger partial charge in [-0.1, -0.05) is 0 Å². The zero-order valence-corrected chi connectivity index (χ0v) is 5.91. The van der Waals surface area contributed by atoms with Crippen molar-refractivity contribution in [1.29, 1.82) is 0 Å². The van der Waals surface area contributed by atoms with Gasteiger partial charge in [0.15, 0.2) is 5.76 Å². The van der Waals surface area contributed by atoms with E-state index in [-0.39, 0.29) is 18.2 Å². The Morgan fingerprint density at radius 3 is 2.56 bits per heavy atom. The summed E-state index contributed by atoms with van der Waals surface area (Å²) in [7, 11) is 0. The maximum atomic E-state index is 10.2. The molecule has 0 aliphatic carbocycles. The van der Waals surface area contributed by atoms with Gasteiger partial charge in [-0.2, -0.15) is 0 Å². The Bertz CT molecular complexity index is 181. The van der Waals surface area contributed by atoms with Crippen molar-refractivity contribution in [2.45, 2.75) is 0 Å². The van der Waals surface area contributed by atoms with E-state index in [9.17, 15) is 4.79 Å². The smallest absolute Gasteiger partial charge is 0.287 e. The summed E-state index contributed by atoms with van der Waals surface area (Å²) in [5.41, 5.74) is 0. The van der Waals surface area contributed by atoms with E-state index in [1.807, 2.05) is 0 Å². The first-order valence-corrected chi connectivity index (χ1v) is 2.42. The van der Waals surface area contributed by atoms with E-state index in [4.69, 9.17) is 11.6 Å². The Hall–Kier alpha value is -0.470. The van der Waals surface area contributed by atoms with Gasteiger partial charge < -0.3 is 4.42 Å². The maximum Gasteiger partial charge on any atom is 0.287 e. The van der Waals surface area contributed by atoms with Gasteiger partial charge in [0, 0.05) is 0 Å². The van der Waals surface area contributed by atoms with Gasteiger partial charge in [-0.3, -0.25) is 4.79 Å². The summed E-state index contributed by atoms with van der Waals surface area (Å²) >= 11 is 5.01. The van der Waals surface area contributed by atoms with Crippen molar-refractivity contribution < 1.29 is 9.21 Å². The third-order valence-corrected chi connectivity index (χ3v) is 0.901. The number of carbonyl (C=O) groups excluding carboxylic acids is 1. The molecule has 0 unspecified atom stereocenters. The van der Waals surface area contributed by atoms with Gasteiger partial charge in [-0.15, -0.1) is 12.4 Å². The van der Waals surface area contributed by atoms with Crippen molar-refractivity contribution in [2.24, 2.45) is 0 Å². The summed E-state index contributed by atoms with van der Waals surface area (Å²) in [6, 6.07) is 3.12. The van der Waals surface area contributed by atoms with Crippen LogP contribution in [0.4, 0.5) is 0 Å². The first-order chi connectivity index (χ1) is 3.80. The van der Waals surface area contributed by atoms with Gasteiger partial charge in [0.1, 0.15) is 0 Å². The van der Waals surface area contributed by atoms with Gasteiger partial charge in [-0.25, -0.2) is 0 Å². The molecule has 1 rings (SSSR count). The molecule has 0 saturated carbocycles. The zero-order chi connectivity index (χ0) is 5.98. The Morgan fingerprint density at radius 1 is 1.67 bits per heavy atom. The van der Waals surface area contributed by atoms with Crippen molar-refractivity contribution in [3.63, 3.8) is 0 Å². The van der Waals surface area contributed by atoms with Gasteiger partial charge in [0.25, 0.3) is 5.24 Å². The highest BCUT2D eigenvalue weighted by atomic mass is 35.5. The highest BCUT2D eigenvalue weighted by molar-refractivity contribution is 6.67. The third kappa shape index (κ3) is 2.08. The fraction of sp³-hybridized carbons (Fsp3) is 0. The van der Waals surface area contributed by atoms with E-state index in [1.165, 1.54) is 12.3 Å².